The van der Waals surface area contributed by atoms with E-state index < -0.39 is 5.92 Å². The van der Waals surface area contributed by atoms with Crippen LogP contribution in [0, 0.1) is 33.6 Å². The molecule has 9 nitrogen and oxygen atoms in total. The van der Waals surface area contributed by atoms with Gasteiger partial charge in [0.05, 0.1) is 11.6 Å². The summed E-state index contributed by atoms with van der Waals surface area (Å²) in [4.78, 5) is 45.9. The van der Waals surface area contributed by atoms with Crippen molar-refractivity contribution in [2.24, 2.45) is 5.92 Å². The van der Waals surface area contributed by atoms with Crippen LogP contribution in [0.15, 0.2) is 35.1 Å². The first-order chi connectivity index (χ1) is 14.7. The van der Waals surface area contributed by atoms with Crippen molar-refractivity contribution >= 4 is 23.3 Å². The minimum atomic E-state index is -0.498. The van der Waals surface area contributed by atoms with Gasteiger partial charge in [-0.15, -0.1) is 0 Å². The number of rotatable bonds is 4. The second kappa shape index (κ2) is 7.82. The highest BCUT2D eigenvalue weighted by atomic mass is 16.2. The van der Waals surface area contributed by atoms with E-state index in [4.69, 9.17) is 0 Å². The van der Waals surface area contributed by atoms with Gasteiger partial charge in [0.25, 0.3) is 5.56 Å². The van der Waals surface area contributed by atoms with E-state index in [0.29, 0.717) is 23.8 Å². The zero-order valence-corrected chi connectivity index (χ0v) is 17.9. The Balaban J connectivity index is 1.55. The number of H-pyrrole nitrogens is 1. The molecule has 2 N–H and O–H groups in total. The van der Waals surface area contributed by atoms with Crippen molar-refractivity contribution in [2.75, 3.05) is 16.8 Å². The second-order valence-electron chi connectivity index (χ2n) is 7.96. The fraction of sp³-hybridized carbons (Fsp3) is 0.318. The molecule has 1 fully saturated rings. The molecular formula is C22H24N6O3. The maximum atomic E-state index is 13.0. The normalized spacial score (nSPS) is 16.1. The van der Waals surface area contributed by atoms with Crippen molar-refractivity contribution in [3.63, 3.8) is 0 Å². The Hall–Kier alpha value is -3.75. The molecule has 160 valence electrons. The maximum Gasteiger partial charge on any atom is 0.252 e. The summed E-state index contributed by atoms with van der Waals surface area (Å²) in [5.74, 6) is -0.267. The fourth-order valence-corrected chi connectivity index (χ4v) is 3.67. The molecular weight excluding hydrogens is 396 g/mol. The smallest absolute Gasteiger partial charge is 0.252 e. The first-order valence-electron chi connectivity index (χ1n) is 10.0. The minimum Gasteiger partial charge on any atom is -0.312 e. The van der Waals surface area contributed by atoms with Crippen LogP contribution in [0.25, 0.3) is 5.95 Å². The van der Waals surface area contributed by atoms with Gasteiger partial charge >= 0.3 is 0 Å². The molecule has 1 aliphatic rings. The summed E-state index contributed by atoms with van der Waals surface area (Å²) in [5, 5.41) is 7.17. The molecule has 0 saturated carbocycles. The summed E-state index contributed by atoms with van der Waals surface area (Å²) < 4.78 is 1.39. The molecule has 0 radical (unpaired) electrons. The lowest BCUT2D eigenvalue weighted by molar-refractivity contribution is -0.122. The van der Waals surface area contributed by atoms with Crippen molar-refractivity contribution in [3.05, 3.63) is 63.2 Å². The van der Waals surface area contributed by atoms with Crippen LogP contribution in [0.4, 0.5) is 11.5 Å². The average Bonchev–Trinajstić information content (AvgIpc) is 3.26. The van der Waals surface area contributed by atoms with E-state index in [0.717, 1.165) is 16.8 Å². The summed E-state index contributed by atoms with van der Waals surface area (Å²) in [5.41, 5.74) is 3.92. The van der Waals surface area contributed by atoms with Crippen molar-refractivity contribution in [1.82, 2.24) is 19.7 Å². The van der Waals surface area contributed by atoms with Crippen LogP contribution in [0.2, 0.25) is 0 Å². The van der Waals surface area contributed by atoms with Crippen LogP contribution in [-0.2, 0) is 9.59 Å². The molecule has 31 heavy (non-hydrogen) atoms. The Morgan fingerprint density at radius 2 is 1.84 bits per heavy atom. The highest BCUT2D eigenvalue weighted by Gasteiger charge is 2.35. The molecule has 9 heteroatoms. The molecule has 4 rings (SSSR count). The number of benzene rings is 1. The molecule has 1 aliphatic heterocycles. The van der Waals surface area contributed by atoms with Crippen LogP contribution in [-0.4, -0.2) is 38.1 Å². The fourth-order valence-electron chi connectivity index (χ4n) is 3.67. The van der Waals surface area contributed by atoms with E-state index in [2.05, 4.69) is 20.4 Å². The van der Waals surface area contributed by atoms with Gasteiger partial charge in [-0.3, -0.25) is 19.4 Å². The lowest BCUT2D eigenvalue weighted by Crippen LogP contribution is -2.29. The number of aromatic amines is 1. The molecule has 3 aromatic rings. The first-order valence-corrected chi connectivity index (χ1v) is 10.0. The summed E-state index contributed by atoms with van der Waals surface area (Å²) in [6, 6.07) is 8.91. The molecule has 0 spiro atoms. The number of anilines is 2. The van der Waals surface area contributed by atoms with Crippen LogP contribution >= 0.6 is 0 Å². The van der Waals surface area contributed by atoms with Gasteiger partial charge in [-0.25, -0.2) is 4.98 Å². The number of nitrogens with one attached hydrogen (secondary N) is 2. The monoisotopic (exact) mass is 420 g/mol. The predicted molar refractivity (Wildman–Crippen MR) is 116 cm³/mol. The molecule has 1 atom stereocenters. The Kier molecular flexibility index (Phi) is 5.18. The van der Waals surface area contributed by atoms with Gasteiger partial charge in [-0.1, -0.05) is 6.07 Å². The van der Waals surface area contributed by atoms with E-state index in [-0.39, 0.29) is 29.7 Å². The summed E-state index contributed by atoms with van der Waals surface area (Å²) in [6.07, 6.45) is 0.130. The third kappa shape index (κ3) is 4.11. The van der Waals surface area contributed by atoms with Gasteiger partial charge in [0, 0.05) is 36.5 Å². The topological polar surface area (TPSA) is 113 Å². The van der Waals surface area contributed by atoms with Crippen molar-refractivity contribution < 1.29 is 9.59 Å². The van der Waals surface area contributed by atoms with E-state index in [1.54, 1.807) is 24.8 Å². The number of carbonyl (C=O) groups excluding carboxylic acids is 2. The van der Waals surface area contributed by atoms with Gasteiger partial charge in [0.15, 0.2) is 0 Å². The lowest BCUT2D eigenvalue weighted by atomic mass is 10.1. The molecule has 1 saturated heterocycles. The summed E-state index contributed by atoms with van der Waals surface area (Å²) in [7, 11) is 0. The Morgan fingerprint density at radius 3 is 2.55 bits per heavy atom. The van der Waals surface area contributed by atoms with Gasteiger partial charge in [-0.2, -0.15) is 9.78 Å². The van der Waals surface area contributed by atoms with E-state index in [1.807, 2.05) is 32.0 Å². The average molecular weight is 420 g/mol. The molecule has 0 bridgehead atoms. The highest BCUT2D eigenvalue weighted by molar-refractivity contribution is 6.03. The van der Waals surface area contributed by atoms with Crippen molar-refractivity contribution in [2.45, 2.75) is 34.1 Å². The molecule has 3 heterocycles. The molecule has 2 aromatic heterocycles. The number of hydrogen-bond donors (Lipinski definition) is 2. The van der Waals surface area contributed by atoms with Crippen LogP contribution < -0.4 is 15.8 Å². The van der Waals surface area contributed by atoms with Gasteiger partial charge < -0.3 is 10.2 Å². The lowest BCUT2D eigenvalue weighted by Gasteiger charge is -2.18. The number of aryl methyl sites for hydroxylation is 4. The van der Waals surface area contributed by atoms with E-state index >= 15 is 0 Å². The SMILES string of the molecule is Cc1cc(=O)[nH]c(-n2nc(C)cc2NC(=O)[C@H]2CC(=O)N(c3ccc(C)c(C)c3)C2)n1. The van der Waals surface area contributed by atoms with Crippen LogP contribution in [0.3, 0.4) is 0 Å². The van der Waals surface area contributed by atoms with Crippen molar-refractivity contribution in [3.8, 4) is 5.95 Å². The Bertz CT molecular complexity index is 1240. The van der Waals surface area contributed by atoms with Gasteiger partial charge in [-0.05, 0) is 51.0 Å². The standard InChI is InChI=1S/C22H24N6O3/c1-12-5-6-17(7-13(12)2)27-11-16(10-20(27)30)21(31)24-18-8-15(4)26-28(18)22-23-14(3)9-19(29)25-22/h5-9,16H,10-11H2,1-4H3,(H,24,31)(H,23,25,29)/t16-/m0/s1. The largest absolute Gasteiger partial charge is 0.312 e. The second-order valence-corrected chi connectivity index (χ2v) is 7.96. The molecule has 1 aromatic carbocycles. The van der Waals surface area contributed by atoms with Gasteiger partial charge in [0.1, 0.15) is 5.82 Å². The quantitative estimate of drug-likeness (QED) is 0.672. The Labute approximate surface area is 179 Å². The predicted octanol–water partition coefficient (Wildman–Crippen LogP) is 2.18. The summed E-state index contributed by atoms with van der Waals surface area (Å²) >= 11 is 0. The van der Waals surface area contributed by atoms with Crippen LogP contribution in [0.5, 0.6) is 0 Å². The summed E-state index contributed by atoms with van der Waals surface area (Å²) in [6.45, 7) is 7.80. The Morgan fingerprint density at radius 1 is 1.06 bits per heavy atom. The van der Waals surface area contributed by atoms with Crippen LogP contribution in [0.1, 0.15) is 28.9 Å². The number of hydrogen-bond acceptors (Lipinski definition) is 5. The zero-order valence-electron chi connectivity index (χ0n) is 17.9. The first kappa shape index (κ1) is 20.5. The number of aromatic nitrogens is 4. The zero-order chi connectivity index (χ0) is 22.3. The van der Waals surface area contributed by atoms with E-state index in [1.165, 1.54) is 10.7 Å². The third-order valence-corrected chi connectivity index (χ3v) is 5.44. The van der Waals surface area contributed by atoms with Gasteiger partial charge in [0.2, 0.25) is 17.8 Å². The molecule has 0 aliphatic carbocycles. The molecule has 2 amide bonds. The number of carbonyl (C=O) groups is 2. The minimum absolute atomic E-state index is 0.0854. The highest BCUT2D eigenvalue weighted by Crippen LogP contribution is 2.28. The maximum absolute atomic E-state index is 13.0. The molecule has 0 unspecified atom stereocenters. The number of nitrogens with zero attached hydrogens (tertiary/aromatic N) is 4. The van der Waals surface area contributed by atoms with Crippen molar-refractivity contribution in [1.29, 1.82) is 0 Å². The number of amides is 2. The third-order valence-electron chi connectivity index (χ3n) is 5.44. The van der Waals surface area contributed by atoms with E-state index in [9.17, 15) is 14.4 Å².